The van der Waals surface area contributed by atoms with Gasteiger partial charge >= 0.3 is 0 Å². The number of aliphatic imine (C=N–C) groups is 1. The molecule has 0 amide bonds. The van der Waals surface area contributed by atoms with Gasteiger partial charge in [0.15, 0.2) is 5.96 Å². The number of benzene rings is 2. The molecule has 2 heterocycles. The van der Waals surface area contributed by atoms with Crippen molar-refractivity contribution in [2.45, 2.75) is 46.0 Å². The summed E-state index contributed by atoms with van der Waals surface area (Å²) in [5, 5.41) is 6.75. The van der Waals surface area contributed by atoms with Gasteiger partial charge in [-0.1, -0.05) is 30.3 Å². The number of hydrogen-bond acceptors (Lipinski definition) is 4. The summed E-state index contributed by atoms with van der Waals surface area (Å²) in [6.45, 7) is 6.66. The van der Waals surface area contributed by atoms with Gasteiger partial charge < -0.3 is 24.7 Å². The predicted octanol–water partition coefficient (Wildman–Crippen LogP) is 3.52. The highest BCUT2D eigenvalue weighted by Crippen LogP contribution is 2.35. The third-order valence-electron chi connectivity index (χ3n) is 5.46. The molecule has 1 aliphatic rings. The molecule has 1 aliphatic heterocycles. The average Bonchev–Trinajstić information content (AvgIpc) is 3.39. The molecule has 7 nitrogen and oxygen atoms in total. The van der Waals surface area contributed by atoms with Crippen LogP contribution in [0.15, 0.2) is 59.9 Å². The van der Waals surface area contributed by atoms with E-state index in [1.807, 2.05) is 25.4 Å². The molecule has 32 heavy (non-hydrogen) atoms. The van der Waals surface area contributed by atoms with E-state index in [2.05, 4.69) is 68.5 Å². The minimum absolute atomic E-state index is 0.205. The fourth-order valence-electron chi connectivity index (χ4n) is 3.90. The number of fused-ring (bicyclic) bond motifs is 1. The first-order chi connectivity index (χ1) is 15.7. The van der Waals surface area contributed by atoms with Crippen LogP contribution in [0.1, 0.15) is 36.4 Å². The maximum absolute atomic E-state index is 5.93. The van der Waals surface area contributed by atoms with Gasteiger partial charge in [-0.05, 0) is 31.5 Å². The molecule has 0 saturated heterocycles. The van der Waals surface area contributed by atoms with Gasteiger partial charge in [-0.3, -0.25) is 4.99 Å². The second-order valence-electron chi connectivity index (χ2n) is 7.87. The zero-order valence-electron chi connectivity index (χ0n) is 19.0. The summed E-state index contributed by atoms with van der Waals surface area (Å²) in [4.78, 5) is 8.86. The highest BCUT2D eigenvalue weighted by Gasteiger charge is 2.22. The third kappa shape index (κ3) is 5.22. The minimum Gasteiger partial charge on any atom is -0.494 e. The number of nitrogens with one attached hydrogen (secondary N) is 2. The maximum Gasteiger partial charge on any atom is 0.191 e. The molecule has 0 fully saturated rings. The van der Waals surface area contributed by atoms with Crippen molar-refractivity contribution >= 4 is 5.96 Å². The molecule has 2 N–H and O–H groups in total. The van der Waals surface area contributed by atoms with Crippen molar-refractivity contribution in [2.75, 3.05) is 13.7 Å². The Bertz CT molecular complexity index is 1060. The SMILES string of the molecule is CCOc1cc2c(cc1CNC(=NC)NCc1nccn1Cc1ccccc1)OC(C)C2. The monoisotopic (exact) mass is 433 g/mol. The van der Waals surface area contributed by atoms with E-state index in [1.165, 1.54) is 11.1 Å². The topological polar surface area (TPSA) is 72.7 Å². The number of ether oxygens (including phenoxy) is 2. The number of aromatic nitrogens is 2. The molecular weight excluding hydrogens is 402 g/mol. The Balaban J connectivity index is 1.38. The van der Waals surface area contributed by atoms with Crippen LogP contribution < -0.4 is 20.1 Å². The van der Waals surface area contributed by atoms with Gasteiger partial charge in [-0.15, -0.1) is 0 Å². The first-order valence-electron chi connectivity index (χ1n) is 11.1. The lowest BCUT2D eigenvalue weighted by Gasteiger charge is -2.16. The van der Waals surface area contributed by atoms with Crippen LogP contribution in [-0.4, -0.2) is 35.3 Å². The summed E-state index contributed by atoms with van der Waals surface area (Å²) in [7, 11) is 1.77. The van der Waals surface area contributed by atoms with Crippen molar-refractivity contribution in [2.24, 2.45) is 4.99 Å². The Labute approximate surface area is 189 Å². The van der Waals surface area contributed by atoms with Crippen LogP contribution in [0.25, 0.3) is 0 Å². The fourth-order valence-corrected chi connectivity index (χ4v) is 3.90. The van der Waals surface area contributed by atoms with Gasteiger partial charge in [0.25, 0.3) is 0 Å². The zero-order chi connectivity index (χ0) is 22.3. The summed E-state index contributed by atoms with van der Waals surface area (Å²) < 4.78 is 14.0. The molecule has 0 spiro atoms. The summed E-state index contributed by atoms with van der Waals surface area (Å²) in [6, 6.07) is 14.6. The second-order valence-corrected chi connectivity index (χ2v) is 7.87. The molecule has 1 aromatic heterocycles. The van der Waals surface area contributed by atoms with Crippen molar-refractivity contribution in [3.63, 3.8) is 0 Å². The van der Waals surface area contributed by atoms with E-state index in [1.54, 1.807) is 7.05 Å². The van der Waals surface area contributed by atoms with E-state index in [0.717, 1.165) is 35.9 Å². The van der Waals surface area contributed by atoms with E-state index in [4.69, 9.17) is 9.47 Å². The molecule has 0 saturated carbocycles. The summed E-state index contributed by atoms with van der Waals surface area (Å²) >= 11 is 0. The van der Waals surface area contributed by atoms with Crippen LogP contribution in [0.2, 0.25) is 0 Å². The van der Waals surface area contributed by atoms with Crippen molar-refractivity contribution in [1.82, 2.24) is 20.2 Å². The van der Waals surface area contributed by atoms with Gasteiger partial charge in [0.1, 0.15) is 23.4 Å². The van der Waals surface area contributed by atoms with Gasteiger partial charge in [0, 0.05) is 50.1 Å². The maximum atomic E-state index is 5.93. The Morgan fingerprint density at radius 2 is 2.03 bits per heavy atom. The first-order valence-corrected chi connectivity index (χ1v) is 11.1. The molecule has 168 valence electrons. The van der Waals surface area contributed by atoms with Crippen molar-refractivity contribution < 1.29 is 9.47 Å². The number of guanidine groups is 1. The van der Waals surface area contributed by atoms with E-state index >= 15 is 0 Å². The largest absolute Gasteiger partial charge is 0.494 e. The van der Waals surface area contributed by atoms with Crippen molar-refractivity contribution in [3.05, 3.63) is 77.4 Å². The van der Waals surface area contributed by atoms with Gasteiger partial charge in [0.2, 0.25) is 0 Å². The smallest absolute Gasteiger partial charge is 0.191 e. The minimum atomic E-state index is 0.205. The molecule has 1 unspecified atom stereocenters. The predicted molar refractivity (Wildman–Crippen MR) is 126 cm³/mol. The Morgan fingerprint density at radius 1 is 1.22 bits per heavy atom. The zero-order valence-corrected chi connectivity index (χ0v) is 19.0. The highest BCUT2D eigenvalue weighted by atomic mass is 16.5. The summed E-state index contributed by atoms with van der Waals surface area (Å²) in [5.74, 6) is 3.50. The Kier molecular flexibility index (Phi) is 6.94. The van der Waals surface area contributed by atoms with E-state index in [9.17, 15) is 0 Å². The molecule has 1 atom stereocenters. The van der Waals surface area contributed by atoms with Crippen LogP contribution in [0, 0.1) is 0 Å². The number of nitrogens with zero attached hydrogens (tertiary/aromatic N) is 3. The van der Waals surface area contributed by atoms with Crippen LogP contribution in [0.4, 0.5) is 0 Å². The van der Waals surface area contributed by atoms with Crippen LogP contribution in [0.3, 0.4) is 0 Å². The van der Waals surface area contributed by atoms with E-state index in [0.29, 0.717) is 25.7 Å². The molecule has 0 radical (unpaired) electrons. The van der Waals surface area contributed by atoms with Gasteiger partial charge in [-0.25, -0.2) is 4.98 Å². The standard InChI is InChI=1S/C25H31N5O2/c1-4-31-22-13-20-12-18(2)32-23(20)14-21(22)15-28-25(26-3)29-16-24-27-10-11-30(24)17-19-8-6-5-7-9-19/h5-11,13-14,18H,4,12,15-17H2,1-3H3,(H2,26,28,29). The van der Waals surface area contributed by atoms with Crippen LogP contribution >= 0.6 is 0 Å². The number of hydrogen-bond donors (Lipinski definition) is 2. The van der Waals surface area contributed by atoms with Crippen LogP contribution in [0.5, 0.6) is 11.5 Å². The van der Waals surface area contributed by atoms with Crippen LogP contribution in [-0.2, 0) is 26.1 Å². The number of imidazole rings is 1. The molecular formula is C25H31N5O2. The number of rotatable bonds is 8. The third-order valence-corrected chi connectivity index (χ3v) is 5.46. The molecule has 0 bridgehead atoms. The first kappa shape index (κ1) is 21.7. The quantitative estimate of drug-likeness (QED) is 0.420. The van der Waals surface area contributed by atoms with E-state index < -0.39 is 0 Å². The summed E-state index contributed by atoms with van der Waals surface area (Å²) in [5.41, 5.74) is 3.50. The van der Waals surface area contributed by atoms with E-state index in [-0.39, 0.29) is 6.10 Å². The molecule has 0 aliphatic carbocycles. The molecule has 3 aromatic rings. The summed E-state index contributed by atoms with van der Waals surface area (Å²) in [6.07, 6.45) is 4.95. The Morgan fingerprint density at radius 3 is 2.81 bits per heavy atom. The molecule has 2 aromatic carbocycles. The fraction of sp³-hybridized carbons (Fsp3) is 0.360. The molecule has 4 rings (SSSR count). The van der Waals surface area contributed by atoms with Crippen molar-refractivity contribution in [3.8, 4) is 11.5 Å². The lowest BCUT2D eigenvalue weighted by molar-refractivity contribution is 0.254. The van der Waals surface area contributed by atoms with Gasteiger partial charge in [-0.2, -0.15) is 0 Å². The highest BCUT2D eigenvalue weighted by molar-refractivity contribution is 5.79. The van der Waals surface area contributed by atoms with Crippen molar-refractivity contribution in [1.29, 1.82) is 0 Å². The molecule has 7 heteroatoms. The lowest BCUT2D eigenvalue weighted by Crippen LogP contribution is -2.37. The lowest BCUT2D eigenvalue weighted by atomic mass is 10.1. The van der Waals surface area contributed by atoms with Gasteiger partial charge in [0.05, 0.1) is 13.2 Å². The normalized spacial score (nSPS) is 15.2. The average molecular weight is 434 g/mol. The second kappa shape index (κ2) is 10.2. The Hall–Kier alpha value is -3.48.